The quantitative estimate of drug-likeness (QED) is 0.695. The second kappa shape index (κ2) is 7.33. The smallest absolute Gasteiger partial charge is 0.269 e. The van der Waals surface area contributed by atoms with E-state index in [4.69, 9.17) is 0 Å². The van der Waals surface area contributed by atoms with E-state index in [1.807, 2.05) is 6.07 Å². The molecule has 0 atom stereocenters. The van der Waals surface area contributed by atoms with Gasteiger partial charge < -0.3 is 5.32 Å². The first-order chi connectivity index (χ1) is 13.0. The van der Waals surface area contributed by atoms with Crippen LogP contribution in [0.15, 0.2) is 30.3 Å². The molecule has 0 radical (unpaired) electrons. The fourth-order valence-electron chi connectivity index (χ4n) is 5.92. The van der Waals surface area contributed by atoms with Crippen molar-refractivity contribution >= 4 is 17.7 Å². The second-order valence-electron chi connectivity index (χ2n) is 8.74. The lowest BCUT2D eigenvalue weighted by atomic mass is 9.49. The molecule has 0 saturated heterocycles. The summed E-state index contributed by atoms with van der Waals surface area (Å²) in [5.74, 6) is 1.55. The Kier molecular flexibility index (Phi) is 4.89. The number of rotatable bonds is 5. The van der Waals surface area contributed by atoms with Crippen LogP contribution in [0.3, 0.4) is 0 Å². The summed E-state index contributed by atoms with van der Waals surface area (Å²) in [6.07, 6.45) is 8.10. The average molecular weight is 369 g/mol. The van der Waals surface area contributed by atoms with Gasteiger partial charge in [-0.15, -0.1) is 0 Å². The van der Waals surface area contributed by atoms with Gasteiger partial charge in [-0.3, -0.25) is 25.2 Å². The van der Waals surface area contributed by atoms with Crippen LogP contribution in [0.5, 0.6) is 0 Å². The Morgan fingerprint density at radius 1 is 0.852 bits per heavy atom. The van der Waals surface area contributed by atoms with E-state index in [1.54, 1.807) is 24.3 Å². The molecule has 6 heteroatoms. The van der Waals surface area contributed by atoms with Gasteiger partial charge in [0.25, 0.3) is 11.8 Å². The molecule has 4 bridgehead atoms. The molecule has 6 nitrogen and oxygen atoms in total. The summed E-state index contributed by atoms with van der Waals surface area (Å²) in [6, 6.07) is 8.64. The first kappa shape index (κ1) is 18.0. The summed E-state index contributed by atoms with van der Waals surface area (Å²) in [6.45, 7) is -0.125. The highest BCUT2D eigenvalue weighted by molar-refractivity contribution is 5.95. The summed E-state index contributed by atoms with van der Waals surface area (Å²) >= 11 is 0. The van der Waals surface area contributed by atoms with Gasteiger partial charge in [0.05, 0.1) is 6.54 Å². The van der Waals surface area contributed by atoms with Gasteiger partial charge in [0.2, 0.25) is 5.91 Å². The summed E-state index contributed by atoms with van der Waals surface area (Å²) in [7, 11) is 0. The lowest BCUT2D eigenvalue weighted by Crippen LogP contribution is -2.49. The van der Waals surface area contributed by atoms with Crippen LogP contribution < -0.4 is 16.2 Å². The maximum atomic E-state index is 12.4. The van der Waals surface area contributed by atoms with E-state index >= 15 is 0 Å². The molecule has 0 spiro atoms. The van der Waals surface area contributed by atoms with Crippen LogP contribution >= 0.6 is 0 Å². The van der Waals surface area contributed by atoms with E-state index in [2.05, 4.69) is 16.2 Å². The molecule has 0 unspecified atom stereocenters. The van der Waals surface area contributed by atoms with Gasteiger partial charge in [0.1, 0.15) is 0 Å². The second-order valence-corrected chi connectivity index (χ2v) is 8.74. The number of carbonyl (C=O) groups excluding carboxylic acids is 3. The lowest BCUT2D eigenvalue weighted by Gasteiger charge is -2.56. The molecule has 4 fully saturated rings. The van der Waals surface area contributed by atoms with E-state index in [1.165, 1.54) is 38.5 Å². The van der Waals surface area contributed by atoms with Crippen LogP contribution in [0.25, 0.3) is 0 Å². The van der Waals surface area contributed by atoms with E-state index in [0.29, 0.717) is 12.0 Å². The molecule has 1 aromatic rings. The van der Waals surface area contributed by atoms with E-state index in [-0.39, 0.29) is 23.8 Å². The van der Waals surface area contributed by atoms with Gasteiger partial charge in [0.15, 0.2) is 0 Å². The highest BCUT2D eigenvalue weighted by atomic mass is 16.2. The van der Waals surface area contributed by atoms with Gasteiger partial charge in [-0.2, -0.15) is 0 Å². The van der Waals surface area contributed by atoms with Crippen molar-refractivity contribution in [2.75, 3.05) is 6.54 Å². The van der Waals surface area contributed by atoms with Crippen molar-refractivity contribution in [3.8, 4) is 0 Å². The van der Waals surface area contributed by atoms with Crippen LogP contribution in [-0.2, 0) is 9.59 Å². The molecule has 1 aromatic carbocycles. The molecule has 3 N–H and O–H groups in total. The van der Waals surface area contributed by atoms with Crippen LogP contribution in [0, 0.1) is 23.2 Å². The van der Waals surface area contributed by atoms with E-state index < -0.39 is 5.91 Å². The number of nitrogens with one attached hydrogen (secondary N) is 3. The predicted molar refractivity (Wildman–Crippen MR) is 100 cm³/mol. The first-order valence-electron chi connectivity index (χ1n) is 9.92. The maximum absolute atomic E-state index is 12.4. The topological polar surface area (TPSA) is 87.3 Å². The van der Waals surface area contributed by atoms with Crippen molar-refractivity contribution in [2.45, 2.75) is 44.9 Å². The minimum Gasteiger partial charge on any atom is -0.347 e. The number of benzene rings is 1. The van der Waals surface area contributed by atoms with Crippen molar-refractivity contribution in [3.05, 3.63) is 35.9 Å². The predicted octanol–water partition coefficient (Wildman–Crippen LogP) is 2.17. The normalized spacial score (nSPS) is 30.6. The highest BCUT2D eigenvalue weighted by Gasteiger charge is 2.51. The standard InChI is InChI=1S/C21H27N3O3/c25-18(12-21-9-14-6-15(10-21)8-16(7-14)11-21)22-13-19(26)23-24-20(27)17-4-2-1-3-5-17/h1-5,14-16H,6-13H2,(H,22,25)(H,23,26)(H,24,27). The largest absolute Gasteiger partial charge is 0.347 e. The van der Waals surface area contributed by atoms with E-state index in [0.717, 1.165) is 17.8 Å². The zero-order valence-electron chi connectivity index (χ0n) is 15.5. The number of hydrogen-bond acceptors (Lipinski definition) is 3. The molecule has 4 aliphatic rings. The average Bonchev–Trinajstić information content (AvgIpc) is 2.63. The SMILES string of the molecule is O=C(CC12CC3CC(CC(C3)C1)C2)NCC(=O)NNC(=O)c1ccccc1. The third kappa shape index (κ3) is 4.15. The molecule has 4 saturated carbocycles. The summed E-state index contributed by atoms with van der Waals surface area (Å²) < 4.78 is 0. The molecular weight excluding hydrogens is 342 g/mol. The fraction of sp³-hybridized carbons (Fsp3) is 0.571. The van der Waals surface area contributed by atoms with Gasteiger partial charge in [0, 0.05) is 12.0 Å². The maximum Gasteiger partial charge on any atom is 0.269 e. The Labute approximate surface area is 159 Å². The van der Waals surface area contributed by atoms with Crippen molar-refractivity contribution in [1.29, 1.82) is 0 Å². The molecule has 144 valence electrons. The summed E-state index contributed by atoms with van der Waals surface area (Å²) in [5.41, 5.74) is 5.33. The Bertz CT molecular complexity index is 696. The summed E-state index contributed by atoms with van der Waals surface area (Å²) in [5, 5.41) is 2.72. The molecule has 0 heterocycles. The highest BCUT2D eigenvalue weighted by Crippen LogP contribution is 2.61. The first-order valence-corrected chi connectivity index (χ1v) is 9.92. The van der Waals surface area contributed by atoms with Crippen LogP contribution in [0.1, 0.15) is 55.3 Å². The molecule has 0 aliphatic heterocycles. The van der Waals surface area contributed by atoms with Crippen molar-refractivity contribution in [3.63, 3.8) is 0 Å². The molecule has 5 rings (SSSR count). The van der Waals surface area contributed by atoms with Gasteiger partial charge in [-0.05, 0) is 73.8 Å². The monoisotopic (exact) mass is 369 g/mol. The van der Waals surface area contributed by atoms with Crippen LogP contribution in [0.2, 0.25) is 0 Å². The molecule has 3 amide bonds. The summed E-state index contributed by atoms with van der Waals surface area (Å²) in [4.78, 5) is 36.2. The zero-order chi connectivity index (χ0) is 18.9. The lowest BCUT2D eigenvalue weighted by molar-refractivity contribution is -0.132. The number of hydrogen-bond donors (Lipinski definition) is 3. The van der Waals surface area contributed by atoms with Gasteiger partial charge in [-0.1, -0.05) is 18.2 Å². The minimum atomic E-state index is -0.432. The molecule has 4 aliphatic carbocycles. The van der Waals surface area contributed by atoms with Gasteiger partial charge >= 0.3 is 0 Å². The van der Waals surface area contributed by atoms with Gasteiger partial charge in [-0.25, -0.2) is 0 Å². The number of carbonyl (C=O) groups is 3. The van der Waals surface area contributed by atoms with Crippen LogP contribution in [-0.4, -0.2) is 24.3 Å². The zero-order valence-corrected chi connectivity index (χ0v) is 15.5. The third-order valence-electron chi connectivity index (χ3n) is 6.50. The molecule has 0 aromatic heterocycles. The third-order valence-corrected chi connectivity index (χ3v) is 6.50. The molecule has 27 heavy (non-hydrogen) atoms. The Balaban J connectivity index is 1.20. The van der Waals surface area contributed by atoms with Crippen molar-refractivity contribution in [2.24, 2.45) is 23.2 Å². The Morgan fingerprint density at radius 3 is 2.04 bits per heavy atom. The minimum absolute atomic E-state index is 0.0542. The van der Waals surface area contributed by atoms with E-state index in [9.17, 15) is 14.4 Å². The van der Waals surface area contributed by atoms with Crippen LogP contribution in [0.4, 0.5) is 0 Å². The Morgan fingerprint density at radius 2 is 1.44 bits per heavy atom. The van der Waals surface area contributed by atoms with Crippen molar-refractivity contribution in [1.82, 2.24) is 16.2 Å². The van der Waals surface area contributed by atoms with Crippen molar-refractivity contribution < 1.29 is 14.4 Å². The fourth-order valence-corrected chi connectivity index (χ4v) is 5.92. The number of hydrazine groups is 1. The number of amides is 3. The Hall–Kier alpha value is -2.37. The molecular formula is C21H27N3O3.